The minimum Gasteiger partial charge on any atom is -0.465 e. The molecular weight excluding hydrogens is 314 g/mol. The normalized spacial score (nSPS) is 11.8. The SMILES string of the molecule is NC(=N\O)/C(=N\OCc1cccc(NC(=O)O)n1)c1ccccc1. The van der Waals surface area contributed by atoms with Gasteiger partial charge in [0.05, 0.1) is 5.69 Å². The van der Waals surface area contributed by atoms with E-state index >= 15 is 0 Å². The zero-order valence-corrected chi connectivity index (χ0v) is 12.5. The zero-order valence-electron chi connectivity index (χ0n) is 12.5. The summed E-state index contributed by atoms with van der Waals surface area (Å²) in [6, 6.07) is 13.6. The van der Waals surface area contributed by atoms with Gasteiger partial charge in [0, 0.05) is 5.56 Å². The third-order valence-electron chi connectivity index (χ3n) is 2.81. The van der Waals surface area contributed by atoms with Crippen molar-refractivity contribution in [1.29, 1.82) is 0 Å². The average Bonchev–Trinajstić information content (AvgIpc) is 2.58. The smallest absolute Gasteiger partial charge is 0.410 e. The van der Waals surface area contributed by atoms with Gasteiger partial charge in [-0.3, -0.25) is 5.32 Å². The minimum absolute atomic E-state index is 0.0236. The van der Waals surface area contributed by atoms with E-state index < -0.39 is 6.09 Å². The van der Waals surface area contributed by atoms with E-state index in [2.05, 4.69) is 20.6 Å². The van der Waals surface area contributed by atoms with E-state index in [1.165, 1.54) is 6.07 Å². The Hall–Kier alpha value is -3.62. The highest BCUT2D eigenvalue weighted by atomic mass is 16.6. The van der Waals surface area contributed by atoms with Gasteiger partial charge in [0.15, 0.2) is 18.2 Å². The number of pyridine rings is 1. The molecule has 0 aliphatic carbocycles. The van der Waals surface area contributed by atoms with Gasteiger partial charge < -0.3 is 20.9 Å². The Morgan fingerprint density at radius 1 is 1.21 bits per heavy atom. The van der Waals surface area contributed by atoms with E-state index in [9.17, 15) is 4.79 Å². The predicted molar refractivity (Wildman–Crippen MR) is 87.1 cm³/mol. The van der Waals surface area contributed by atoms with Crippen molar-refractivity contribution in [3.63, 3.8) is 0 Å². The number of amides is 1. The monoisotopic (exact) mass is 329 g/mol. The fraction of sp³-hybridized carbons (Fsp3) is 0.0667. The van der Waals surface area contributed by atoms with Crippen molar-refractivity contribution in [2.75, 3.05) is 5.32 Å². The summed E-state index contributed by atoms with van der Waals surface area (Å²) in [7, 11) is 0. The molecule has 0 fully saturated rings. The molecule has 2 aromatic rings. The first-order valence-electron chi connectivity index (χ1n) is 6.79. The second-order valence-corrected chi connectivity index (χ2v) is 4.51. The number of nitrogens with one attached hydrogen (secondary N) is 1. The Balaban J connectivity index is 2.11. The summed E-state index contributed by atoms with van der Waals surface area (Å²) >= 11 is 0. The lowest BCUT2D eigenvalue weighted by molar-refractivity contribution is 0.128. The van der Waals surface area contributed by atoms with Crippen LogP contribution in [0.2, 0.25) is 0 Å². The third kappa shape index (κ3) is 4.70. The van der Waals surface area contributed by atoms with Crippen LogP contribution >= 0.6 is 0 Å². The number of anilines is 1. The average molecular weight is 329 g/mol. The highest BCUT2D eigenvalue weighted by molar-refractivity contribution is 6.46. The largest absolute Gasteiger partial charge is 0.465 e. The number of rotatable bonds is 6. The van der Waals surface area contributed by atoms with Gasteiger partial charge in [-0.1, -0.05) is 46.7 Å². The third-order valence-corrected chi connectivity index (χ3v) is 2.81. The maximum absolute atomic E-state index is 10.6. The van der Waals surface area contributed by atoms with Crippen molar-refractivity contribution in [3.8, 4) is 0 Å². The first-order valence-corrected chi connectivity index (χ1v) is 6.79. The van der Waals surface area contributed by atoms with Gasteiger partial charge in [-0.25, -0.2) is 9.78 Å². The molecule has 1 aromatic carbocycles. The Labute approximate surface area is 137 Å². The summed E-state index contributed by atoms with van der Waals surface area (Å²) in [5, 5.41) is 26.5. The van der Waals surface area contributed by atoms with Crippen LogP contribution in [0.15, 0.2) is 58.8 Å². The number of carbonyl (C=O) groups is 1. The number of aromatic nitrogens is 1. The minimum atomic E-state index is -1.21. The van der Waals surface area contributed by atoms with E-state index in [0.717, 1.165) is 0 Å². The van der Waals surface area contributed by atoms with Crippen LogP contribution in [0.4, 0.5) is 10.6 Å². The molecule has 1 aromatic heterocycles. The summed E-state index contributed by atoms with van der Waals surface area (Å²) in [4.78, 5) is 19.8. The number of nitrogens with zero attached hydrogens (tertiary/aromatic N) is 3. The van der Waals surface area contributed by atoms with Crippen LogP contribution in [0.3, 0.4) is 0 Å². The van der Waals surface area contributed by atoms with Gasteiger partial charge in [0.2, 0.25) is 0 Å². The van der Waals surface area contributed by atoms with Crippen molar-refractivity contribution < 1.29 is 19.9 Å². The molecule has 0 saturated heterocycles. The molecule has 0 atom stereocenters. The van der Waals surface area contributed by atoms with E-state index in [0.29, 0.717) is 11.3 Å². The number of amidine groups is 1. The van der Waals surface area contributed by atoms with Crippen molar-refractivity contribution in [3.05, 3.63) is 59.8 Å². The maximum atomic E-state index is 10.6. The van der Waals surface area contributed by atoms with Gasteiger partial charge in [-0.05, 0) is 12.1 Å². The number of nitrogens with two attached hydrogens (primary N) is 1. The van der Waals surface area contributed by atoms with Crippen molar-refractivity contribution in [2.24, 2.45) is 16.0 Å². The Morgan fingerprint density at radius 2 is 1.96 bits per heavy atom. The molecule has 0 aliphatic heterocycles. The van der Waals surface area contributed by atoms with Gasteiger partial charge in [-0.2, -0.15) is 0 Å². The molecule has 2 rings (SSSR count). The van der Waals surface area contributed by atoms with Crippen LogP contribution in [0.25, 0.3) is 0 Å². The zero-order chi connectivity index (χ0) is 17.4. The van der Waals surface area contributed by atoms with E-state index in [1.54, 1.807) is 36.4 Å². The van der Waals surface area contributed by atoms with Crippen LogP contribution in [0.5, 0.6) is 0 Å². The van der Waals surface area contributed by atoms with Gasteiger partial charge in [0.1, 0.15) is 5.82 Å². The van der Waals surface area contributed by atoms with Crippen molar-refractivity contribution in [1.82, 2.24) is 4.98 Å². The number of carboxylic acid groups (broad SMARTS) is 1. The van der Waals surface area contributed by atoms with Gasteiger partial charge in [0.25, 0.3) is 0 Å². The Morgan fingerprint density at radius 3 is 2.62 bits per heavy atom. The fourth-order valence-corrected chi connectivity index (χ4v) is 1.79. The Bertz CT molecular complexity index is 761. The summed E-state index contributed by atoms with van der Waals surface area (Å²) in [6.45, 7) is -0.0236. The van der Waals surface area contributed by atoms with Crippen molar-refractivity contribution >= 4 is 23.5 Å². The summed E-state index contributed by atoms with van der Waals surface area (Å²) < 4.78 is 0. The number of hydrogen-bond acceptors (Lipinski definition) is 6. The standard InChI is InChI=1S/C15H15N5O4/c16-14(19-23)13(10-5-2-1-3-6-10)20-24-9-11-7-4-8-12(17-11)18-15(21)22/h1-8,23H,9H2,(H2,16,19)(H,17,18)(H,21,22)/b20-13-. The van der Waals surface area contributed by atoms with E-state index in [-0.39, 0.29) is 24.0 Å². The summed E-state index contributed by atoms with van der Waals surface area (Å²) in [6.07, 6.45) is -1.21. The molecule has 0 aliphatic rings. The quantitative estimate of drug-likeness (QED) is 0.276. The highest BCUT2D eigenvalue weighted by Gasteiger charge is 2.10. The number of benzene rings is 1. The Kier molecular flexibility index (Phi) is 5.67. The molecular formula is C15H15N5O4. The van der Waals surface area contributed by atoms with Crippen LogP contribution in [0.1, 0.15) is 11.3 Å². The molecule has 0 unspecified atom stereocenters. The van der Waals surface area contributed by atoms with Crippen LogP contribution < -0.4 is 11.1 Å². The molecule has 5 N–H and O–H groups in total. The molecule has 0 radical (unpaired) electrons. The van der Waals surface area contributed by atoms with Crippen molar-refractivity contribution in [2.45, 2.75) is 6.61 Å². The second-order valence-electron chi connectivity index (χ2n) is 4.51. The maximum Gasteiger partial charge on any atom is 0.410 e. The van der Waals surface area contributed by atoms with E-state index in [4.69, 9.17) is 20.9 Å². The van der Waals surface area contributed by atoms with Crippen LogP contribution in [0, 0.1) is 0 Å². The molecule has 0 bridgehead atoms. The van der Waals surface area contributed by atoms with Gasteiger partial charge >= 0.3 is 6.09 Å². The predicted octanol–water partition coefficient (Wildman–Crippen LogP) is 1.84. The lowest BCUT2D eigenvalue weighted by Gasteiger charge is -2.06. The van der Waals surface area contributed by atoms with Crippen LogP contribution in [-0.4, -0.2) is 32.9 Å². The molecule has 9 nitrogen and oxygen atoms in total. The second kappa shape index (κ2) is 8.13. The molecule has 9 heteroatoms. The molecule has 0 saturated carbocycles. The first-order chi connectivity index (χ1) is 11.6. The number of oxime groups is 2. The molecule has 1 amide bonds. The molecule has 124 valence electrons. The van der Waals surface area contributed by atoms with Crippen LogP contribution in [-0.2, 0) is 11.4 Å². The lowest BCUT2D eigenvalue weighted by atomic mass is 10.1. The summed E-state index contributed by atoms with van der Waals surface area (Å²) in [5.41, 5.74) is 6.84. The number of hydrogen-bond donors (Lipinski definition) is 4. The van der Waals surface area contributed by atoms with E-state index in [1.807, 2.05) is 6.07 Å². The molecule has 24 heavy (non-hydrogen) atoms. The first kappa shape index (κ1) is 16.7. The topological polar surface area (TPSA) is 142 Å². The molecule has 0 spiro atoms. The highest BCUT2D eigenvalue weighted by Crippen LogP contribution is 2.07. The van der Waals surface area contributed by atoms with Gasteiger partial charge in [-0.15, -0.1) is 0 Å². The fourth-order valence-electron chi connectivity index (χ4n) is 1.79. The lowest BCUT2D eigenvalue weighted by Crippen LogP contribution is -2.25. The summed E-state index contributed by atoms with van der Waals surface area (Å²) in [5.74, 6) is -0.0252. The molecule has 1 heterocycles.